The number of pyridine rings is 1. The second-order valence-electron chi connectivity index (χ2n) is 6.69. The van der Waals surface area contributed by atoms with Crippen LogP contribution in [0.25, 0.3) is 11.1 Å². The van der Waals surface area contributed by atoms with Crippen molar-refractivity contribution >= 4 is 17.6 Å². The van der Waals surface area contributed by atoms with E-state index in [-0.39, 0.29) is 39.6 Å². The minimum Gasteiger partial charge on any atom is -0.495 e. The first-order valence-electron chi connectivity index (χ1n) is 9.03. The normalized spacial score (nSPS) is 13.5. The molecule has 0 saturated carbocycles. The van der Waals surface area contributed by atoms with E-state index in [0.29, 0.717) is 0 Å². The van der Waals surface area contributed by atoms with E-state index in [9.17, 15) is 27.9 Å². The molecule has 2 rings (SSSR count). The van der Waals surface area contributed by atoms with Crippen LogP contribution < -0.4 is 15.0 Å². The van der Waals surface area contributed by atoms with Gasteiger partial charge in [-0.25, -0.2) is 0 Å². The molecule has 0 aliphatic heterocycles. The Balaban J connectivity index is 2.79. The number of carboxylic acid groups (broad SMARTS) is 1. The van der Waals surface area contributed by atoms with Gasteiger partial charge in [0.25, 0.3) is 5.56 Å². The van der Waals surface area contributed by atoms with Crippen molar-refractivity contribution in [3.63, 3.8) is 0 Å². The highest BCUT2D eigenvalue weighted by Gasteiger charge is 2.33. The quantitative estimate of drug-likeness (QED) is 0.577. The lowest BCUT2D eigenvalue weighted by atomic mass is 9.87. The van der Waals surface area contributed by atoms with E-state index in [2.05, 4.69) is 4.98 Å². The fraction of sp³-hybridized carbons (Fsp3) is 0.400. The number of H-pyrrole nitrogens is 1. The summed E-state index contributed by atoms with van der Waals surface area (Å²) in [5.41, 5.74) is -0.990. The second kappa shape index (κ2) is 10.1. The highest BCUT2D eigenvalue weighted by molar-refractivity contribution is 6.31. The Labute approximate surface area is 180 Å². The molecule has 2 N–H and O–H groups in total. The summed E-state index contributed by atoms with van der Waals surface area (Å²) in [6.45, 7) is 0.0345. The number of aromatic amines is 1. The minimum atomic E-state index is -4.62. The molecule has 1 unspecified atom stereocenters. The molecule has 0 fully saturated rings. The first-order chi connectivity index (χ1) is 14.5. The lowest BCUT2D eigenvalue weighted by molar-refractivity contribution is -0.153. The molecule has 0 radical (unpaired) electrons. The third-order valence-electron chi connectivity index (χ3n) is 4.53. The van der Waals surface area contributed by atoms with Gasteiger partial charge in [-0.2, -0.15) is 13.2 Å². The van der Waals surface area contributed by atoms with Gasteiger partial charge in [0.2, 0.25) is 0 Å². The number of halogens is 4. The van der Waals surface area contributed by atoms with E-state index in [4.69, 9.17) is 25.8 Å². The van der Waals surface area contributed by atoms with Crippen molar-refractivity contribution in [1.29, 1.82) is 0 Å². The second-order valence-corrected chi connectivity index (χ2v) is 7.13. The van der Waals surface area contributed by atoms with Crippen LogP contribution in [0.3, 0.4) is 0 Å². The monoisotopic (exact) mass is 463 g/mol. The van der Waals surface area contributed by atoms with Crippen molar-refractivity contribution in [3.8, 4) is 22.6 Å². The SMILES string of the molecule is COc1c[nH]c(=O)c(C(C[C@H](C)OC)C(=O)O)c1-c1cc(Cl)ccc1OCC(F)(F)F. The van der Waals surface area contributed by atoms with Gasteiger partial charge in [-0.1, -0.05) is 11.6 Å². The lowest BCUT2D eigenvalue weighted by Crippen LogP contribution is -2.27. The van der Waals surface area contributed by atoms with Crippen LogP contribution in [0, 0.1) is 0 Å². The summed E-state index contributed by atoms with van der Waals surface area (Å²) in [4.78, 5) is 27.2. The van der Waals surface area contributed by atoms with Crippen molar-refractivity contribution in [2.75, 3.05) is 20.8 Å². The maximum absolute atomic E-state index is 12.7. The first-order valence-corrected chi connectivity index (χ1v) is 9.41. The van der Waals surface area contributed by atoms with E-state index in [0.717, 1.165) is 0 Å². The molecule has 7 nitrogen and oxygen atoms in total. The Morgan fingerprint density at radius 1 is 1.26 bits per heavy atom. The van der Waals surface area contributed by atoms with E-state index < -0.39 is 36.3 Å². The predicted octanol–water partition coefficient (Wildman–Crippen LogP) is 4.24. The Morgan fingerprint density at radius 2 is 1.94 bits per heavy atom. The molecule has 170 valence electrons. The zero-order chi connectivity index (χ0) is 23.3. The van der Waals surface area contributed by atoms with Gasteiger partial charge in [-0.15, -0.1) is 0 Å². The molecule has 0 aliphatic rings. The number of carboxylic acids is 1. The van der Waals surface area contributed by atoms with E-state index in [1.54, 1.807) is 6.92 Å². The largest absolute Gasteiger partial charge is 0.495 e. The number of hydrogen-bond donors (Lipinski definition) is 2. The standard InChI is InChI=1S/C20H21ClF3NO6/c1-10(29-2)6-13(19(27)28)17-16(15(30-3)8-25-18(17)26)12-7-11(21)4-5-14(12)31-9-20(22,23)24/h4-5,7-8,10,13H,6,9H2,1-3H3,(H,25,26)(H,27,28)/t10-,13?/m0/s1. The summed E-state index contributed by atoms with van der Waals surface area (Å²) in [6.07, 6.45) is -4.03. The van der Waals surface area contributed by atoms with Crippen LogP contribution in [0.5, 0.6) is 11.5 Å². The molecular formula is C20H21ClF3NO6. The molecule has 1 aromatic heterocycles. The van der Waals surface area contributed by atoms with Gasteiger partial charge in [0.15, 0.2) is 6.61 Å². The smallest absolute Gasteiger partial charge is 0.422 e. The molecule has 1 aromatic carbocycles. The van der Waals surface area contributed by atoms with Crippen LogP contribution in [0.1, 0.15) is 24.8 Å². The number of methoxy groups -OCH3 is 2. The van der Waals surface area contributed by atoms with Crippen molar-refractivity contribution in [2.24, 2.45) is 0 Å². The molecule has 31 heavy (non-hydrogen) atoms. The number of aromatic nitrogens is 1. The van der Waals surface area contributed by atoms with Crippen molar-refractivity contribution < 1.29 is 37.3 Å². The number of rotatable bonds is 9. The highest BCUT2D eigenvalue weighted by atomic mass is 35.5. The summed E-state index contributed by atoms with van der Waals surface area (Å²) in [7, 11) is 2.66. The molecule has 1 heterocycles. The number of aliphatic carboxylic acids is 1. The summed E-state index contributed by atoms with van der Waals surface area (Å²) < 4.78 is 53.6. The van der Waals surface area contributed by atoms with Crippen LogP contribution in [-0.2, 0) is 9.53 Å². The molecular weight excluding hydrogens is 443 g/mol. The molecule has 0 bridgehead atoms. The number of ether oxygens (including phenoxy) is 3. The van der Waals surface area contributed by atoms with E-state index in [1.807, 2.05) is 0 Å². The lowest BCUT2D eigenvalue weighted by Gasteiger charge is -2.22. The number of hydrogen-bond acceptors (Lipinski definition) is 5. The van der Waals surface area contributed by atoms with Gasteiger partial charge in [-0.3, -0.25) is 9.59 Å². The minimum absolute atomic E-state index is 0.00831. The average Bonchev–Trinajstić information content (AvgIpc) is 2.70. The Bertz CT molecular complexity index is 992. The zero-order valence-electron chi connectivity index (χ0n) is 16.9. The fourth-order valence-electron chi connectivity index (χ4n) is 3.05. The van der Waals surface area contributed by atoms with Gasteiger partial charge in [-0.05, 0) is 31.5 Å². The molecule has 2 aromatic rings. The Kier molecular flexibility index (Phi) is 7.96. The van der Waals surface area contributed by atoms with Crippen LogP contribution >= 0.6 is 11.6 Å². The van der Waals surface area contributed by atoms with Crippen LogP contribution in [0.15, 0.2) is 29.2 Å². The fourth-order valence-corrected chi connectivity index (χ4v) is 3.22. The van der Waals surface area contributed by atoms with Gasteiger partial charge in [0, 0.05) is 35.0 Å². The molecule has 0 aliphatic carbocycles. The molecule has 0 amide bonds. The topological polar surface area (TPSA) is 97.9 Å². The number of benzene rings is 1. The van der Waals surface area contributed by atoms with Crippen molar-refractivity contribution in [2.45, 2.75) is 31.5 Å². The first kappa shape index (κ1) is 24.5. The number of carbonyl (C=O) groups is 1. The van der Waals surface area contributed by atoms with Gasteiger partial charge in [0.1, 0.15) is 11.5 Å². The van der Waals surface area contributed by atoms with Crippen LogP contribution in [-0.4, -0.2) is 49.2 Å². The van der Waals surface area contributed by atoms with E-state index >= 15 is 0 Å². The Hall–Kier alpha value is -2.72. The number of alkyl halides is 3. The van der Waals surface area contributed by atoms with Crippen molar-refractivity contribution in [1.82, 2.24) is 4.98 Å². The molecule has 11 heteroatoms. The average molecular weight is 464 g/mol. The molecule has 0 spiro atoms. The third-order valence-corrected chi connectivity index (χ3v) is 4.77. The maximum atomic E-state index is 12.7. The van der Waals surface area contributed by atoms with Crippen molar-refractivity contribution in [3.05, 3.63) is 45.3 Å². The van der Waals surface area contributed by atoms with Gasteiger partial charge < -0.3 is 24.3 Å². The summed E-state index contributed by atoms with van der Waals surface area (Å²) in [5, 5.41) is 9.95. The number of nitrogens with one attached hydrogen (secondary N) is 1. The van der Waals surface area contributed by atoms with Gasteiger partial charge in [0.05, 0.1) is 19.1 Å². The summed E-state index contributed by atoms with van der Waals surface area (Å²) in [5.74, 6) is -2.87. The Morgan fingerprint density at radius 3 is 2.48 bits per heavy atom. The maximum Gasteiger partial charge on any atom is 0.422 e. The van der Waals surface area contributed by atoms with Gasteiger partial charge >= 0.3 is 12.1 Å². The summed E-state index contributed by atoms with van der Waals surface area (Å²) >= 11 is 6.05. The highest BCUT2D eigenvalue weighted by Crippen LogP contribution is 2.42. The molecule has 2 atom stereocenters. The third kappa shape index (κ3) is 6.14. The predicted molar refractivity (Wildman–Crippen MR) is 107 cm³/mol. The summed E-state index contributed by atoms with van der Waals surface area (Å²) in [6, 6.07) is 3.81. The van der Waals surface area contributed by atoms with Crippen LogP contribution in [0.2, 0.25) is 5.02 Å². The van der Waals surface area contributed by atoms with Crippen LogP contribution in [0.4, 0.5) is 13.2 Å². The zero-order valence-corrected chi connectivity index (χ0v) is 17.6. The van der Waals surface area contributed by atoms with E-state index in [1.165, 1.54) is 38.6 Å². The molecule has 0 saturated heterocycles.